The first-order valence-electron chi connectivity index (χ1n) is 10.3. The van der Waals surface area contributed by atoms with E-state index in [0.29, 0.717) is 11.8 Å². The van der Waals surface area contributed by atoms with E-state index in [1.807, 2.05) is 0 Å². The Morgan fingerprint density at radius 3 is 2.70 bits per heavy atom. The maximum Gasteiger partial charge on any atom is 0.123 e. The Morgan fingerprint density at radius 1 is 1.33 bits per heavy atom. The Kier molecular flexibility index (Phi) is 7.77. The van der Waals surface area contributed by atoms with Gasteiger partial charge in [-0.15, -0.1) is 0 Å². The van der Waals surface area contributed by atoms with Gasteiger partial charge < -0.3 is 9.64 Å². The molecule has 0 bridgehead atoms. The second-order valence-corrected chi connectivity index (χ2v) is 8.36. The van der Waals surface area contributed by atoms with E-state index < -0.39 is 0 Å². The molecule has 27 heavy (non-hydrogen) atoms. The molecule has 0 aromatic rings. The van der Waals surface area contributed by atoms with Crippen molar-refractivity contribution < 1.29 is 4.74 Å². The summed E-state index contributed by atoms with van der Waals surface area (Å²) in [6, 6.07) is 0. The molecule has 0 saturated carbocycles. The van der Waals surface area contributed by atoms with Crippen LogP contribution in [0.4, 0.5) is 0 Å². The third-order valence-corrected chi connectivity index (χ3v) is 5.16. The van der Waals surface area contributed by atoms with E-state index in [1.165, 1.54) is 22.3 Å². The third kappa shape index (κ3) is 5.76. The molecule has 0 saturated heterocycles. The monoisotopic (exact) mass is 367 g/mol. The number of nitrogens with zero attached hydrogens (tertiary/aromatic N) is 1. The molecule has 2 nitrogen and oxygen atoms in total. The van der Waals surface area contributed by atoms with Crippen LogP contribution < -0.4 is 0 Å². The first kappa shape index (κ1) is 21.3. The van der Waals surface area contributed by atoms with Gasteiger partial charge in [0.25, 0.3) is 0 Å². The van der Waals surface area contributed by atoms with Gasteiger partial charge in [0.2, 0.25) is 0 Å². The Labute approximate surface area is 166 Å². The average molecular weight is 368 g/mol. The third-order valence-electron chi connectivity index (χ3n) is 5.16. The molecular weight excluding hydrogens is 330 g/mol. The number of ether oxygens (including phenoxy) is 1. The molecule has 2 unspecified atom stereocenters. The van der Waals surface area contributed by atoms with Crippen molar-refractivity contribution in [2.75, 3.05) is 14.1 Å². The van der Waals surface area contributed by atoms with Crippen molar-refractivity contribution >= 4 is 0 Å². The molecule has 2 rings (SSSR count). The molecule has 0 spiro atoms. The molecule has 0 N–H and O–H groups in total. The van der Waals surface area contributed by atoms with Crippen LogP contribution in [0.3, 0.4) is 0 Å². The van der Waals surface area contributed by atoms with E-state index in [-0.39, 0.29) is 6.10 Å². The highest BCUT2D eigenvalue weighted by Gasteiger charge is 2.33. The second kappa shape index (κ2) is 9.82. The highest BCUT2D eigenvalue weighted by atomic mass is 16.5. The summed E-state index contributed by atoms with van der Waals surface area (Å²) in [6.45, 7) is 11.1. The zero-order valence-corrected chi connectivity index (χ0v) is 18.3. The summed E-state index contributed by atoms with van der Waals surface area (Å²) in [5.74, 6) is 2.18. The Morgan fingerprint density at radius 2 is 2.07 bits per heavy atom. The van der Waals surface area contributed by atoms with E-state index in [4.69, 9.17) is 4.74 Å². The maximum atomic E-state index is 6.38. The van der Waals surface area contributed by atoms with Gasteiger partial charge in [0.1, 0.15) is 11.9 Å². The van der Waals surface area contributed by atoms with Crippen molar-refractivity contribution in [2.24, 2.45) is 11.8 Å². The fourth-order valence-electron chi connectivity index (χ4n) is 3.81. The summed E-state index contributed by atoms with van der Waals surface area (Å²) in [6.07, 6.45) is 19.0. The Bertz CT molecular complexity index is 698. The zero-order chi connectivity index (χ0) is 20.0. The molecule has 0 amide bonds. The lowest BCUT2D eigenvalue weighted by atomic mass is 9.91. The van der Waals surface area contributed by atoms with Crippen molar-refractivity contribution in [1.82, 2.24) is 4.90 Å². The van der Waals surface area contributed by atoms with Crippen LogP contribution in [0.1, 0.15) is 53.9 Å². The van der Waals surface area contributed by atoms with E-state index in [9.17, 15) is 0 Å². The first-order chi connectivity index (χ1) is 12.8. The van der Waals surface area contributed by atoms with Crippen LogP contribution in [-0.4, -0.2) is 25.1 Å². The average Bonchev–Trinajstić information content (AvgIpc) is 2.79. The molecule has 0 aromatic carbocycles. The molecule has 2 atom stereocenters. The van der Waals surface area contributed by atoms with E-state index >= 15 is 0 Å². The highest BCUT2D eigenvalue weighted by Crippen LogP contribution is 2.41. The predicted molar refractivity (Wildman–Crippen MR) is 117 cm³/mol. The van der Waals surface area contributed by atoms with Crippen LogP contribution in [0.15, 0.2) is 70.7 Å². The number of hydrogen-bond donors (Lipinski definition) is 0. The summed E-state index contributed by atoms with van der Waals surface area (Å²) in [5.41, 5.74) is 5.50. The van der Waals surface area contributed by atoms with Crippen molar-refractivity contribution in [2.45, 2.75) is 60.0 Å². The predicted octanol–water partition coefficient (Wildman–Crippen LogP) is 6.57. The molecular formula is C25H37NO. The normalized spacial score (nSPS) is 23.6. The summed E-state index contributed by atoms with van der Waals surface area (Å²) in [7, 11) is 4.14. The van der Waals surface area contributed by atoms with Gasteiger partial charge in [-0.2, -0.15) is 0 Å². The van der Waals surface area contributed by atoms with Gasteiger partial charge in [-0.25, -0.2) is 0 Å². The summed E-state index contributed by atoms with van der Waals surface area (Å²) in [5, 5.41) is 0. The molecule has 0 aromatic heterocycles. The first-order valence-corrected chi connectivity index (χ1v) is 10.3. The molecule has 0 fully saturated rings. The smallest absolute Gasteiger partial charge is 0.123 e. The summed E-state index contributed by atoms with van der Waals surface area (Å²) in [4.78, 5) is 2.09. The Balaban J connectivity index is 2.34. The van der Waals surface area contributed by atoms with Crippen LogP contribution in [0.5, 0.6) is 0 Å². The van der Waals surface area contributed by atoms with Gasteiger partial charge in [-0.1, -0.05) is 44.2 Å². The van der Waals surface area contributed by atoms with Crippen LogP contribution in [-0.2, 0) is 4.74 Å². The van der Waals surface area contributed by atoms with Crippen molar-refractivity contribution in [3.05, 3.63) is 70.7 Å². The Hall–Kier alpha value is -1.96. The van der Waals surface area contributed by atoms with Crippen molar-refractivity contribution in [3.63, 3.8) is 0 Å². The van der Waals surface area contributed by atoms with Crippen LogP contribution in [0.2, 0.25) is 0 Å². The van der Waals surface area contributed by atoms with E-state index in [2.05, 4.69) is 96.3 Å². The summed E-state index contributed by atoms with van der Waals surface area (Å²) >= 11 is 0. The fraction of sp³-hybridized carbons (Fsp3) is 0.520. The lowest BCUT2D eigenvalue weighted by Gasteiger charge is -2.15. The minimum Gasteiger partial charge on any atom is -0.489 e. The van der Waals surface area contributed by atoms with Gasteiger partial charge in [0, 0.05) is 25.6 Å². The van der Waals surface area contributed by atoms with Crippen LogP contribution in [0.25, 0.3) is 0 Å². The highest BCUT2D eigenvalue weighted by molar-refractivity contribution is 5.47. The molecule has 0 radical (unpaired) electrons. The molecule has 1 aliphatic carbocycles. The molecule has 1 heterocycles. The number of allylic oxidation sites excluding steroid dienone is 8. The van der Waals surface area contributed by atoms with E-state index in [0.717, 1.165) is 25.0 Å². The minimum atomic E-state index is 0.216. The lowest BCUT2D eigenvalue weighted by molar-refractivity contribution is 0.146. The number of rotatable bonds is 7. The second-order valence-electron chi connectivity index (χ2n) is 8.36. The van der Waals surface area contributed by atoms with Crippen LogP contribution >= 0.6 is 0 Å². The van der Waals surface area contributed by atoms with Gasteiger partial charge in [0.05, 0.1) is 0 Å². The summed E-state index contributed by atoms with van der Waals surface area (Å²) < 4.78 is 6.38. The van der Waals surface area contributed by atoms with E-state index in [1.54, 1.807) is 0 Å². The van der Waals surface area contributed by atoms with Crippen LogP contribution in [0, 0.1) is 11.8 Å². The SMILES string of the molecule is C/C=C\C1C2=C(OC1C)C(C/C=C(\C=C/N(C)C)CC(C)C)=C(C)C=CC2. The maximum absolute atomic E-state index is 6.38. The fourth-order valence-corrected chi connectivity index (χ4v) is 3.81. The quantitative estimate of drug-likeness (QED) is 0.373. The van der Waals surface area contributed by atoms with Crippen molar-refractivity contribution in [1.29, 1.82) is 0 Å². The zero-order valence-electron chi connectivity index (χ0n) is 18.3. The van der Waals surface area contributed by atoms with Gasteiger partial charge in [-0.05, 0) is 74.9 Å². The standard InChI is InChI=1S/C25H37NO/c1-8-10-23-20(5)27-25-22(19(4)11-9-12-24(23)25)14-13-21(17-18(2)3)15-16-26(6)7/h8-11,13,15-16,18,20,23H,12,14,17H2,1-7H3/b10-8-,16-15-,21-13+. The molecule has 2 aliphatic rings. The van der Waals surface area contributed by atoms with Crippen molar-refractivity contribution in [3.8, 4) is 0 Å². The van der Waals surface area contributed by atoms with Gasteiger partial charge in [-0.3, -0.25) is 0 Å². The molecule has 2 heteroatoms. The number of hydrogen-bond acceptors (Lipinski definition) is 2. The lowest BCUT2D eigenvalue weighted by Crippen LogP contribution is -2.12. The van der Waals surface area contributed by atoms with Gasteiger partial charge in [0.15, 0.2) is 0 Å². The van der Waals surface area contributed by atoms with Gasteiger partial charge >= 0.3 is 0 Å². The largest absolute Gasteiger partial charge is 0.489 e. The minimum absolute atomic E-state index is 0.216. The molecule has 148 valence electrons. The topological polar surface area (TPSA) is 12.5 Å². The molecule has 1 aliphatic heterocycles.